The molecule has 0 unspecified atom stereocenters. The van der Waals surface area contributed by atoms with Crippen LogP contribution >= 0.6 is 0 Å². The van der Waals surface area contributed by atoms with Crippen LogP contribution in [0.25, 0.3) is 22.6 Å². The number of carbonyl (C=O) groups excluding carboxylic acids is 3. The number of fused-ring (bicyclic) bond motifs is 1. The van der Waals surface area contributed by atoms with Crippen LogP contribution in [0, 0.1) is 0 Å². The monoisotopic (exact) mass is 470 g/mol. The molecule has 0 spiro atoms. The molecule has 4 rings (SSSR count). The molecule has 178 valence electrons. The van der Waals surface area contributed by atoms with Gasteiger partial charge in [-0.2, -0.15) is 0 Å². The van der Waals surface area contributed by atoms with Gasteiger partial charge in [0.05, 0.1) is 6.33 Å². The van der Waals surface area contributed by atoms with Crippen molar-refractivity contribution in [1.29, 1.82) is 0 Å². The first-order chi connectivity index (χ1) is 16.3. The lowest BCUT2D eigenvalue weighted by atomic mass is 10.1. The lowest BCUT2D eigenvalue weighted by Crippen LogP contribution is -2.40. The average molecular weight is 470 g/mol. The summed E-state index contributed by atoms with van der Waals surface area (Å²) in [5.41, 5.74) is 0.368. The second-order valence-electron chi connectivity index (χ2n) is 7.59. The van der Waals surface area contributed by atoms with Gasteiger partial charge in [-0.25, -0.2) is 9.97 Å². The fourth-order valence-electron chi connectivity index (χ4n) is 3.85. The largest absolute Gasteiger partial charge is 0.463 e. The van der Waals surface area contributed by atoms with Gasteiger partial charge in [0, 0.05) is 26.3 Å². The number of ether oxygens (including phenoxy) is 4. The minimum atomic E-state index is -1.15. The SMILES string of the molecule is CC(=O)OC[C@H]1O[C@@H](n2c(-c3ccccc3)nc3c(=O)[nH]cnc32)[C@H](OC(C)=O)[C@@H]1OC(C)=O. The summed E-state index contributed by atoms with van der Waals surface area (Å²) in [6, 6.07) is 8.96. The van der Waals surface area contributed by atoms with Gasteiger partial charge in [0.1, 0.15) is 18.5 Å². The van der Waals surface area contributed by atoms with Gasteiger partial charge in [-0.3, -0.25) is 23.7 Å². The Morgan fingerprint density at radius 2 is 1.71 bits per heavy atom. The van der Waals surface area contributed by atoms with Crippen LogP contribution in [0.15, 0.2) is 41.5 Å². The third-order valence-electron chi connectivity index (χ3n) is 5.11. The molecule has 34 heavy (non-hydrogen) atoms. The second-order valence-corrected chi connectivity index (χ2v) is 7.59. The average Bonchev–Trinajstić information content (AvgIpc) is 3.32. The normalized spacial score (nSPS) is 21.9. The Balaban J connectivity index is 1.90. The summed E-state index contributed by atoms with van der Waals surface area (Å²) in [5, 5.41) is 0. The maximum Gasteiger partial charge on any atom is 0.303 e. The molecule has 1 aliphatic rings. The van der Waals surface area contributed by atoms with Crippen LogP contribution in [-0.2, 0) is 33.3 Å². The Hall–Kier alpha value is -4.06. The van der Waals surface area contributed by atoms with Crippen molar-refractivity contribution < 1.29 is 33.3 Å². The van der Waals surface area contributed by atoms with Gasteiger partial charge in [0.15, 0.2) is 29.6 Å². The van der Waals surface area contributed by atoms with E-state index in [1.54, 1.807) is 24.3 Å². The molecule has 1 aromatic carbocycles. The molecular formula is C22H22N4O8. The number of nitrogens with one attached hydrogen (secondary N) is 1. The maximum atomic E-state index is 12.5. The minimum Gasteiger partial charge on any atom is -0.463 e. The van der Waals surface area contributed by atoms with Crippen molar-refractivity contribution in [2.45, 2.75) is 45.3 Å². The number of aromatic amines is 1. The molecule has 0 aliphatic carbocycles. The van der Waals surface area contributed by atoms with Crippen molar-refractivity contribution >= 4 is 29.1 Å². The summed E-state index contributed by atoms with van der Waals surface area (Å²) in [7, 11) is 0. The predicted octanol–water partition coefficient (Wildman–Crippen LogP) is 1.11. The van der Waals surface area contributed by atoms with E-state index in [1.807, 2.05) is 6.07 Å². The molecule has 3 heterocycles. The van der Waals surface area contributed by atoms with Crippen LogP contribution < -0.4 is 5.56 Å². The number of hydrogen-bond donors (Lipinski definition) is 1. The predicted molar refractivity (Wildman–Crippen MR) is 115 cm³/mol. The van der Waals surface area contributed by atoms with E-state index in [1.165, 1.54) is 31.7 Å². The molecule has 12 heteroatoms. The lowest BCUT2D eigenvalue weighted by molar-refractivity contribution is -0.166. The zero-order valence-electron chi connectivity index (χ0n) is 18.6. The van der Waals surface area contributed by atoms with Gasteiger partial charge < -0.3 is 23.9 Å². The Bertz CT molecular complexity index is 1290. The van der Waals surface area contributed by atoms with Crippen LogP contribution in [0.2, 0.25) is 0 Å². The van der Waals surface area contributed by atoms with Gasteiger partial charge in [-0.05, 0) is 0 Å². The first-order valence-electron chi connectivity index (χ1n) is 10.4. The number of aromatic nitrogens is 4. The zero-order valence-corrected chi connectivity index (χ0v) is 18.6. The number of carbonyl (C=O) groups is 3. The third kappa shape index (κ3) is 4.53. The quantitative estimate of drug-likeness (QED) is 0.410. The first kappa shape index (κ1) is 23.1. The summed E-state index contributed by atoms with van der Waals surface area (Å²) in [5.74, 6) is -1.55. The van der Waals surface area contributed by atoms with Gasteiger partial charge in [0.2, 0.25) is 0 Å². The summed E-state index contributed by atoms with van der Waals surface area (Å²) < 4.78 is 23.7. The minimum absolute atomic E-state index is 0.0407. The summed E-state index contributed by atoms with van der Waals surface area (Å²) in [6.07, 6.45) is -3.11. The van der Waals surface area contributed by atoms with E-state index in [0.717, 1.165) is 0 Å². The maximum absolute atomic E-state index is 12.5. The molecule has 12 nitrogen and oxygen atoms in total. The highest BCUT2D eigenvalue weighted by Crippen LogP contribution is 2.38. The van der Waals surface area contributed by atoms with Crippen LogP contribution in [0.5, 0.6) is 0 Å². The number of nitrogens with zero attached hydrogens (tertiary/aromatic N) is 3. The molecule has 4 atom stereocenters. The van der Waals surface area contributed by atoms with E-state index in [0.29, 0.717) is 11.4 Å². The molecule has 0 radical (unpaired) electrons. The van der Waals surface area contributed by atoms with Crippen LogP contribution in [0.4, 0.5) is 0 Å². The topological polar surface area (TPSA) is 152 Å². The molecule has 1 aliphatic heterocycles. The van der Waals surface area contributed by atoms with Crippen molar-refractivity contribution in [3.63, 3.8) is 0 Å². The molecular weight excluding hydrogens is 448 g/mol. The van der Waals surface area contributed by atoms with Crippen LogP contribution in [0.1, 0.15) is 27.0 Å². The summed E-state index contributed by atoms with van der Waals surface area (Å²) >= 11 is 0. The van der Waals surface area contributed by atoms with E-state index in [4.69, 9.17) is 18.9 Å². The van der Waals surface area contributed by atoms with Crippen molar-refractivity contribution in [1.82, 2.24) is 19.5 Å². The lowest BCUT2D eigenvalue weighted by Gasteiger charge is -2.24. The van der Waals surface area contributed by atoms with Crippen molar-refractivity contribution in [3.8, 4) is 11.4 Å². The molecule has 1 saturated heterocycles. The number of esters is 3. The Labute approximate surface area is 192 Å². The van der Waals surface area contributed by atoms with Gasteiger partial charge in [-0.15, -0.1) is 0 Å². The third-order valence-corrected chi connectivity index (χ3v) is 5.11. The van der Waals surface area contributed by atoms with E-state index >= 15 is 0 Å². The van der Waals surface area contributed by atoms with Crippen LogP contribution in [0.3, 0.4) is 0 Å². The number of imidazole rings is 1. The van der Waals surface area contributed by atoms with Crippen molar-refractivity contribution in [2.24, 2.45) is 0 Å². The molecule has 1 N–H and O–H groups in total. The summed E-state index contributed by atoms with van der Waals surface area (Å²) in [4.78, 5) is 58.9. The smallest absolute Gasteiger partial charge is 0.303 e. The highest BCUT2D eigenvalue weighted by molar-refractivity contribution is 5.76. The molecule has 3 aromatic rings. The fraction of sp³-hybridized carbons (Fsp3) is 0.364. The first-order valence-corrected chi connectivity index (χ1v) is 10.4. The van der Waals surface area contributed by atoms with E-state index in [-0.39, 0.29) is 17.8 Å². The summed E-state index contributed by atoms with van der Waals surface area (Å²) in [6.45, 7) is 3.37. The molecule has 0 bridgehead atoms. The number of H-pyrrole nitrogens is 1. The highest BCUT2D eigenvalue weighted by Gasteiger charge is 2.51. The molecule has 1 fully saturated rings. The van der Waals surface area contributed by atoms with Crippen molar-refractivity contribution in [3.05, 3.63) is 47.0 Å². The number of rotatable bonds is 6. The number of hydrogen-bond acceptors (Lipinski definition) is 10. The Morgan fingerprint density at radius 3 is 2.35 bits per heavy atom. The second kappa shape index (κ2) is 9.43. The number of benzene rings is 1. The molecule has 2 aromatic heterocycles. The Morgan fingerprint density at radius 1 is 1.03 bits per heavy atom. The molecule has 0 saturated carbocycles. The van der Waals surface area contributed by atoms with E-state index in [2.05, 4.69) is 15.0 Å². The van der Waals surface area contributed by atoms with E-state index < -0.39 is 48.0 Å². The van der Waals surface area contributed by atoms with Crippen molar-refractivity contribution in [2.75, 3.05) is 6.61 Å². The zero-order chi connectivity index (χ0) is 24.4. The van der Waals surface area contributed by atoms with Gasteiger partial charge in [-0.1, -0.05) is 30.3 Å². The molecule has 0 amide bonds. The van der Waals surface area contributed by atoms with Crippen LogP contribution in [-0.4, -0.2) is 62.3 Å². The van der Waals surface area contributed by atoms with Gasteiger partial charge in [0.25, 0.3) is 5.56 Å². The van der Waals surface area contributed by atoms with E-state index in [9.17, 15) is 19.2 Å². The standard InChI is InChI=1S/C22H22N4O8/c1-11(27)31-9-15-17(32-12(2)28)18(33-13(3)29)22(34-15)26-19(14-7-5-4-6-8-14)25-16-20(26)23-10-24-21(16)30/h4-8,10,15,17-18,22H,9H2,1-3H3,(H,23,24,30)/t15-,17-,18-,22-/m1/s1. The highest BCUT2D eigenvalue weighted by atomic mass is 16.7. The van der Waals surface area contributed by atoms with Gasteiger partial charge >= 0.3 is 17.9 Å². The fourth-order valence-corrected chi connectivity index (χ4v) is 3.85. The Kier molecular flexibility index (Phi) is 6.41.